The Bertz CT molecular complexity index is 413. The van der Waals surface area contributed by atoms with Crippen LogP contribution in [0.15, 0.2) is 6.33 Å². The third kappa shape index (κ3) is 2.10. The second kappa shape index (κ2) is 4.33. The second-order valence-corrected chi connectivity index (χ2v) is 4.37. The molecule has 2 aliphatic heterocycles. The molecule has 7 nitrogen and oxygen atoms in total. The van der Waals surface area contributed by atoms with E-state index in [0.717, 1.165) is 25.4 Å². The summed E-state index contributed by atoms with van der Waals surface area (Å²) in [5.41, 5.74) is 0. The Labute approximate surface area is 98.8 Å². The fraction of sp³-hybridized carbons (Fsp3) is 0.700. The molecule has 0 radical (unpaired) electrons. The molecule has 1 atom stereocenters. The Balaban J connectivity index is 1.60. The van der Waals surface area contributed by atoms with Crippen molar-refractivity contribution in [3.63, 3.8) is 0 Å². The second-order valence-electron chi connectivity index (χ2n) is 4.37. The van der Waals surface area contributed by atoms with Crippen LogP contribution in [0.25, 0.3) is 0 Å². The van der Waals surface area contributed by atoms with E-state index < -0.39 is 0 Å². The number of nitrogens with one attached hydrogen (secondary N) is 1. The van der Waals surface area contributed by atoms with Crippen LogP contribution < -0.4 is 5.32 Å². The highest BCUT2D eigenvalue weighted by atomic mass is 16.5. The molecule has 0 aromatic carbocycles. The molecule has 1 unspecified atom stereocenters. The number of carbonyl (C=O) groups excluding carboxylic acids is 1. The number of carbonyl (C=O) groups is 1. The summed E-state index contributed by atoms with van der Waals surface area (Å²) >= 11 is 0. The highest BCUT2D eigenvalue weighted by Gasteiger charge is 2.25. The van der Waals surface area contributed by atoms with E-state index in [9.17, 15) is 4.79 Å². The topological polar surface area (TPSA) is 72.3 Å². The van der Waals surface area contributed by atoms with Crippen LogP contribution in [-0.2, 0) is 17.8 Å². The van der Waals surface area contributed by atoms with E-state index >= 15 is 0 Å². The van der Waals surface area contributed by atoms with Crippen molar-refractivity contribution in [2.75, 3.05) is 19.8 Å². The predicted molar refractivity (Wildman–Crippen MR) is 58.2 cm³/mol. The van der Waals surface area contributed by atoms with Crippen LogP contribution in [0.4, 0.5) is 4.79 Å². The van der Waals surface area contributed by atoms with Crippen LogP contribution in [0.1, 0.15) is 12.2 Å². The molecule has 3 heterocycles. The van der Waals surface area contributed by atoms with E-state index in [1.165, 1.54) is 0 Å². The monoisotopic (exact) mass is 237 g/mol. The number of hydrogen-bond acceptors (Lipinski definition) is 4. The van der Waals surface area contributed by atoms with Crippen molar-refractivity contribution < 1.29 is 9.53 Å². The Morgan fingerprint density at radius 3 is 3.29 bits per heavy atom. The van der Waals surface area contributed by atoms with Crippen molar-refractivity contribution in [2.24, 2.45) is 0 Å². The summed E-state index contributed by atoms with van der Waals surface area (Å²) < 4.78 is 7.20. The van der Waals surface area contributed by atoms with Crippen LogP contribution in [0.5, 0.6) is 0 Å². The van der Waals surface area contributed by atoms with E-state index in [1.54, 1.807) is 11.2 Å². The number of fused-ring (bicyclic) bond motifs is 1. The summed E-state index contributed by atoms with van der Waals surface area (Å²) in [6.07, 6.45) is 2.60. The lowest BCUT2D eigenvalue weighted by atomic mass is 10.2. The van der Waals surface area contributed by atoms with E-state index in [-0.39, 0.29) is 12.1 Å². The van der Waals surface area contributed by atoms with Crippen LogP contribution in [-0.4, -0.2) is 51.5 Å². The average Bonchev–Trinajstić information content (AvgIpc) is 2.97. The number of aromatic nitrogens is 3. The lowest BCUT2D eigenvalue weighted by Crippen LogP contribution is -2.47. The van der Waals surface area contributed by atoms with E-state index in [0.29, 0.717) is 19.7 Å². The average molecular weight is 237 g/mol. The third-order valence-electron chi connectivity index (χ3n) is 3.18. The van der Waals surface area contributed by atoms with E-state index in [4.69, 9.17) is 4.74 Å². The minimum Gasteiger partial charge on any atom is -0.379 e. The largest absolute Gasteiger partial charge is 0.379 e. The molecule has 0 spiro atoms. The Morgan fingerprint density at radius 2 is 2.47 bits per heavy atom. The number of hydrogen-bond donors (Lipinski definition) is 1. The van der Waals surface area contributed by atoms with Gasteiger partial charge in [0.05, 0.1) is 19.2 Å². The van der Waals surface area contributed by atoms with Gasteiger partial charge in [-0.2, -0.15) is 0 Å². The van der Waals surface area contributed by atoms with Gasteiger partial charge in [-0.05, 0) is 6.42 Å². The van der Waals surface area contributed by atoms with Gasteiger partial charge in [0.15, 0.2) is 5.82 Å². The maximum atomic E-state index is 12.0. The Morgan fingerprint density at radius 1 is 1.53 bits per heavy atom. The summed E-state index contributed by atoms with van der Waals surface area (Å²) in [4.78, 5) is 13.8. The first-order chi connectivity index (χ1) is 8.33. The zero-order valence-electron chi connectivity index (χ0n) is 9.50. The maximum absolute atomic E-state index is 12.0. The van der Waals surface area contributed by atoms with Gasteiger partial charge in [0.1, 0.15) is 6.33 Å². The smallest absolute Gasteiger partial charge is 0.318 e. The standard InChI is InChI=1S/C10H15N5O2/c16-10(12-8-1-4-17-6-8)14-2-3-15-7-11-13-9(15)5-14/h7-8H,1-6H2,(H,12,16). The molecule has 1 fully saturated rings. The molecule has 1 aromatic rings. The highest BCUT2D eigenvalue weighted by Crippen LogP contribution is 2.10. The Hall–Kier alpha value is -1.63. The SMILES string of the molecule is O=C(NC1CCOC1)N1CCn2cnnc2C1. The first-order valence-corrected chi connectivity index (χ1v) is 5.83. The van der Waals surface area contributed by atoms with E-state index in [1.807, 2.05) is 4.57 Å². The lowest BCUT2D eigenvalue weighted by molar-refractivity contribution is 0.169. The molecule has 0 saturated carbocycles. The van der Waals surface area contributed by atoms with Crippen molar-refractivity contribution in [1.29, 1.82) is 0 Å². The molecular formula is C10H15N5O2. The molecular weight excluding hydrogens is 222 g/mol. The van der Waals surface area contributed by atoms with Crippen molar-refractivity contribution >= 4 is 6.03 Å². The Kier molecular flexibility index (Phi) is 2.68. The van der Waals surface area contributed by atoms with Crippen LogP contribution in [0, 0.1) is 0 Å². The van der Waals surface area contributed by atoms with Gasteiger partial charge in [-0.15, -0.1) is 10.2 Å². The summed E-state index contributed by atoms with van der Waals surface area (Å²) in [7, 11) is 0. The zero-order valence-corrected chi connectivity index (χ0v) is 9.50. The van der Waals surface area contributed by atoms with E-state index in [2.05, 4.69) is 15.5 Å². The van der Waals surface area contributed by atoms with Crippen molar-refractivity contribution in [3.8, 4) is 0 Å². The predicted octanol–water partition coefficient (Wildman–Crippen LogP) is -0.408. The van der Waals surface area contributed by atoms with Crippen LogP contribution in [0.3, 0.4) is 0 Å². The zero-order chi connectivity index (χ0) is 11.7. The highest BCUT2D eigenvalue weighted by molar-refractivity contribution is 5.74. The minimum absolute atomic E-state index is 0.0326. The fourth-order valence-corrected chi connectivity index (χ4v) is 2.15. The maximum Gasteiger partial charge on any atom is 0.318 e. The molecule has 0 aliphatic carbocycles. The normalized spacial score (nSPS) is 23.5. The first kappa shape index (κ1) is 10.5. The third-order valence-corrected chi connectivity index (χ3v) is 3.18. The van der Waals surface area contributed by atoms with Crippen LogP contribution in [0.2, 0.25) is 0 Å². The summed E-state index contributed by atoms with van der Waals surface area (Å²) in [5.74, 6) is 0.842. The van der Waals surface area contributed by atoms with Crippen molar-refractivity contribution in [2.45, 2.75) is 25.6 Å². The summed E-state index contributed by atoms with van der Waals surface area (Å²) in [6.45, 7) is 3.34. The van der Waals surface area contributed by atoms with Crippen molar-refractivity contribution in [1.82, 2.24) is 25.0 Å². The van der Waals surface area contributed by atoms with Gasteiger partial charge < -0.3 is 19.5 Å². The fourth-order valence-electron chi connectivity index (χ4n) is 2.15. The number of amides is 2. The number of urea groups is 1. The van der Waals surface area contributed by atoms with Gasteiger partial charge in [-0.25, -0.2) is 4.79 Å². The molecule has 17 heavy (non-hydrogen) atoms. The molecule has 1 saturated heterocycles. The van der Waals surface area contributed by atoms with Gasteiger partial charge in [0.2, 0.25) is 0 Å². The molecule has 0 bridgehead atoms. The molecule has 2 aliphatic rings. The first-order valence-electron chi connectivity index (χ1n) is 5.83. The number of nitrogens with zero attached hydrogens (tertiary/aromatic N) is 4. The molecule has 7 heteroatoms. The van der Waals surface area contributed by atoms with Gasteiger partial charge >= 0.3 is 6.03 Å². The molecule has 1 aromatic heterocycles. The lowest BCUT2D eigenvalue weighted by Gasteiger charge is -2.28. The molecule has 2 amide bonds. The number of rotatable bonds is 1. The quantitative estimate of drug-likeness (QED) is 0.721. The molecule has 3 rings (SSSR count). The van der Waals surface area contributed by atoms with Crippen LogP contribution >= 0.6 is 0 Å². The minimum atomic E-state index is -0.0326. The number of ether oxygens (including phenoxy) is 1. The van der Waals surface area contributed by atoms with Gasteiger partial charge in [0.25, 0.3) is 0 Å². The van der Waals surface area contributed by atoms with Gasteiger partial charge in [-0.1, -0.05) is 0 Å². The van der Waals surface area contributed by atoms with Crippen molar-refractivity contribution in [3.05, 3.63) is 12.2 Å². The summed E-state index contributed by atoms with van der Waals surface area (Å²) in [6, 6.07) is 0.122. The van der Waals surface area contributed by atoms with Gasteiger partial charge in [0, 0.05) is 19.7 Å². The molecule has 1 N–H and O–H groups in total. The molecule has 92 valence electrons. The summed E-state index contributed by atoms with van der Waals surface area (Å²) in [5, 5.41) is 10.8. The van der Waals surface area contributed by atoms with Gasteiger partial charge in [-0.3, -0.25) is 0 Å².